The molecule has 0 spiro atoms. The predicted octanol–water partition coefficient (Wildman–Crippen LogP) is 2.58. The second-order valence-electron chi connectivity index (χ2n) is 4.65. The van der Waals surface area contributed by atoms with Gasteiger partial charge in [0.15, 0.2) is 5.13 Å². The third kappa shape index (κ3) is 3.59. The lowest BCUT2D eigenvalue weighted by Crippen LogP contribution is -2.41. The molecule has 2 unspecified atom stereocenters. The number of halogens is 3. The molecule has 1 fully saturated rings. The van der Waals surface area contributed by atoms with Crippen LogP contribution in [0.1, 0.15) is 36.2 Å². The van der Waals surface area contributed by atoms with Crippen LogP contribution in [-0.4, -0.2) is 23.1 Å². The number of nitrogens with zero attached hydrogens (tertiary/aromatic N) is 1. The first kappa shape index (κ1) is 14.1. The van der Waals surface area contributed by atoms with E-state index in [1.807, 2.05) is 0 Å². The van der Waals surface area contributed by atoms with Crippen molar-refractivity contribution in [1.82, 2.24) is 10.3 Å². The molecule has 0 aliphatic heterocycles. The number of alkyl halides is 3. The third-order valence-corrected chi connectivity index (χ3v) is 3.90. The molecule has 1 amide bonds. The van der Waals surface area contributed by atoms with Crippen molar-refractivity contribution in [1.29, 1.82) is 0 Å². The van der Waals surface area contributed by atoms with Crippen molar-refractivity contribution < 1.29 is 18.0 Å². The standard InChI is InChI=1S/C11H14F3N3OS/c12-11(13,14)6-2-1-3-7(4-6)16-9(18)8-5-19-10(15)17-8/h5-7H,1-4H2,(H2,15,17)(H,16,18). The molecule has 3 N–H and O–H groups in total. The molecule has 1 aliphatic rings. The number of rotatable bonds is 2. The number of nitrogens with two attached hydrogens (primary N) is 1. The van der Waals surface area contributed by atoms with Crippen LogP contribution in [0.3, 0.4) is 0 Å². The Labute approximate surface area is 112 Å². The third-order valence-electron chi connectivity index (χ3n) is 3.23. The van der Waals surface area contributed by atoms with Crippen LogP contribution in [-0.2, 0) is 0 Å². The Morgan fingerprint density at radius 2 is 2.21 bits per heavy atom. The largest absolute Gasteiger partial charge is 0.391 e. The van der Waals surface area contributed by atoms with E-state index in [1.165, 1.54) is 5.38 Å². The van der Waals surface area contributed by atoms with Crippen LogP contribution >= 0.6 is 11.3 Å². The summed E-state index contributed by atoms with van der Waals surface area (Å²) in [5, 5.41) is 4.36. The van der Waals surface area contributed by atoms with Gasteiger partial charge in [-0.3, -0.25) is 4.79 Å². The highest BCUT2D eigenvalue weighted by Gasteiger charge is 2.42. The van der Waals surface area contributed by atoms with Gasteiger partial charge in [0.2, 0.25) is 0 Å². The molecule has 1 heterocycles. The molecule has 1 aromatic heterocycles. The quantitative estimate of drug-likeness (QED) is 0.880. The Hall–Kier alpha value is -1.31. The predicted molar refractivity (Wildman–Crippen MR) is 65.8 cm³/mol. The first-order chi connectivity index (χ1) is 8.86. The van der Waals surface area contributed by atoms with Crippen molar-refractivity contribution >= 4 is 22.4 Å². The van der Waals surface area contributed by atoms with Crippen LogP contribution in [0.4, 0.5) is 18.3 Å². The van der Waals surface area contributed by atoms with E-state index in [0.717, 1.165) is 11.3 Å². The van der Waals surface area contributed by atoms with Gasteiger partial charge in [-0.15, -0.1) is 11.3 Å². The molecule has 0 aromatic carbocycles. The van der Waals surface area contributed by atoms with Gasteiger partial charge in [-0.25, -0.2) is 4.98 Å². The lowest BCUT2D eigenvalue weighted by molar-refractivity contribution is -0.183. The fraction of sp³-hybridized carbons (Fsp3) is 0.636. The van der Waals surface area contributed by atoms with Gasteiger partial charge in [-0.2, -0.15) is 13.2 Å². The van der Waals surface area contributed by atoms with Gasteiger partial charge in [0.25, 0.3) is 5.91 Å². The lowest BCUT2D eigenvalue weighted by Gasteiger charge is -2.30. The fourth-order valence-electron chi connectivity index (χ4n) is 2.27. The molecule has 0 saturated heterocycles. The van der Waals surface area contributed by atoms with Crippen molar-refractivity contribution in [3.63, 3.8) is 0 Å². The highest BCUT2D eigenvalue weighted by atomic mass is 32.1. The minimum atomic E-state index is -4.19. The van der Waals surface area contributed by atoms with E-state index in [-0.39, 0.29) is 23.7 Å². The summed E-state index contributed by atoms with van der Waals surface area (Å²) < 4.78 is 37.9. The summed E-state index contributed by atoms with van der Waals surface area (Å²) in [5.74, 6) is -1.78. The van der Waals surface area contributed by atoms with E-state index in [9.17, 15) is 18.0 Å². The zero-order chi connectivity index (χ0) is 14.0. The van der Waals surface area contributed by atoms with Gasteiger partial charge in [-0.05, 0) is 19.3 Å². The maximum Gasteiger partial charge on any atom is 0.391 e. The van der Waals surface area contributed by atoms with E-state index in [1.54, 1.807) is 0 Å². The summed E-state index contributed by atoms with van der Waals surface area (Å²) in [5.41, 5.74) is 5.57. The van der Waals surface area contributed by atoms with Crippen LogP contribution in [0, 0.1) is 5.92 Å². The van der Waals surface area contributed by atoms with E-state index >= 15 is 0 Å². The maximum atomic E-state index is 12.6. The molecule has 8 heteroatoms. The number of nitrogens with one attached hydrogen (secondary N) is 1. The molecule has 4 nitrogen and oxygen atoms in total. The first-order valence-corrected chi connectivity index (χ1v) is 6.83. The van der Waals surface area contributed by atoms with Gasteiger partial charge in [0, 0.05) is 11.4 Å². The summed E-state index contributed by atoms with van der Waals surface area (Å²) in [6.45, 7) is 0. The smallest absolute Gasteiger partial charge is 0.375 e. The minimum Gasteiger partial charge on any atom is -0.375 e. The zero-order valence-electron chi connectivity index (χ0n) is 10.0. The van der Waals surface area contributed by atoms with Crippen molar-refractivity contribution in [3.05, 3.63) is 11.1 Å². The molecule has 0 radical (unpaired) electrons. The molecule has 106 valence electrons. The number of carbonyl (C=O) groups excluding carboxylic acids is 1. The Morgan fingerprint density at radius 3 is 2.79 bits per heavy atom. The number of amides is 1. The number of anilines is 1. The SMILES string of the molecule is Nc1nc(C(=O)NC2CCCC(C(F)(F)F)C2)cs1. The number of thiazole rings is 1. The molecule has 1 saturated carbocycles. The summed E-state index contributed by atoms with van der Waals surface area (Å²) in [4.78, 5) is 15.6. The van der Waals surface area contributed by atoms with Gasteiger partial charge in [0.05, 0.1) is 5.92 Å². The Morgan fingerprint density at radius 1 is 1.47 bits per heavy atom. The van der Waals surface area contributed by atoms with Crippen LogP contribution in [0.25, 0.3) is 0 Å². The van der Waals surface area contributed by atoms with Crippen LogP contribution in [0.15, 0.2) is 5.38 Å². The highest BCUT2D eigenvalue weighted by molar-refractivity contribution is 7.13. The minimum absolute atomic E-state index is 0.0607. The van der Waals surface area contributed by atoms with Crippen molar-refractivity contribution in [2.75, 3.05) is 5.73 Å². The summed E-state index contributed by atoms with van der Waals surface area (Å²) in [6.07, 6.45) is -3.07. The number of hydrogen-bond donors (Lipinski definition) is 2. The average Bonchev–Trinajstić information content (AvgIpc) is 2.75. The summed E-state index contributed by atoms with van der Waals surface area (Å²) >= 11 is 1.13. The van der Waals surface area contributed by atoms with E-state index in [2.05, 4.69) is 10.3 Å². The van der Waals surface area contributed by atoms with E-state index < -0.39 is 24.0 Å². The fourth-order valence-corrected chi connectivity index (χ4v) is 2.81. The molecule has 1 aromatic rings. The second kappa shape index (κ2) is 5.36. The highest BCUT2D eigenvalue weighted by Crippen LogP contribution is 2.37. The molecule has 2 rings (SSSR count). The molecule has 19 heavy (non-hydrogen) atoms. The van der Waals surface area contributed by atoms with Crippen molar-refractivity contribution in [2.45, 2.75) is 37.9 Å². The molecule has 0 bridgehead atoms. The van der Waals surface area contributed by atoms with Crippen LogP contribution < -0.4 is 11.1 Å². The molecule has 2 atom stereocenters. The number of nitrogen functional groups attached to an aromatic ring is 1. The zero-order valence-corrected chi connectivity index (χ0v) is 10.9. The van der Waals surface area contributed by atoms with Gasteiger partial charge in [0.1, 0.15) is 5.69 Å². The average molecular weight is 293 g/mol. The van der Waals surface area contributed by atoms with Crippen LogP contribution in [0.2, 0.25) is 0 Å². The molecular weight excluding hydrogens is 279 g/mol. The van der Waals surface area contributed by atoms with Crippen molar-refractivity contribution in [2.24, 2.45) is 5.92 Å². The monoisotopic (exact) mass is 293 g/mol. The summed E-state index contributed by atoms with van der Waals surface area (Å²) in [6, 6.07) is -0.448. The second-order valence-corrected chi connectivity index (χ2v) is 5.54. The molecular formula is C11H14F3N3OS. The van der Waals surface area contributed by atoms with Gasteiger partial charge < -0.3 is 11.1 Å². The Balaban J connectivity index is 1.94. The van der Waals surface area contributed by atoms with Gasteiger partial charge in [-0.1, -0.05) is 6.42 Å². The number of hydrogen-bond acceptors (Lipinski definition) is 4. The van der Waals surface area contributed by atoms with Crippen LogP contribution in [0.5, 0.6) is 0 Å². The van der Waals surface area contributed by atoms with Crippen molar-refractivity contribution in [3.8, 4) is 0 Å². The number of aromatic nitrogens is 1. The lowest BCUT2D eigenvalue weighted by atomic mass is 9.85. The number of carbonyl (C=O) groups is 1. The Bertz CT molecular complexity index is 460. The van der Waals surface area contributed by atoms with E-state index in [0.29, 0.717) is 12.8 Å². The van der Waals surface area contributed by atoms with E-state index in [4.69, 9.17) is 5.73 Å². The topological polar surface area (TPSA) is 68.0 Å². The first-order valence-electron chi connectivity index (χ1n) is 5.95. The molecule has 1 aliphatic carbocycles. The van der Waals surface area contributed by atoms with Gasteiger partial charge >= 0.3 is 6.18 Å². The normalized spacial score (nSPS) is 24.2. The maximum absolute atomic E-state index is 12.6. The Kier molecular flexibility index (Phi) is 3.98. The summed E-state index contributed by atoms with van der Waals surface area (Å²) in [7, 11) is 0.